The van der Waals surface area contributed by atoms with Gasteiger partial charge in [0.05, 0.1) is 5.56 Å². The SMILES string of the molecule is Cc1c(Cl)cccc1NC(=O)Cn1cc(C(=O)c2ccccc2F)c2ccccc21. The van der Waals surface area contributed by atoms with Crippen molar-refractivity contribution in [2.45, 2.75) is 13.5 Å². The Balaban J connectivity index is 1.67. The van der Waals surface area contributed by atoms with Crippen LogP contribution >= 0.6 is 11.6 Å². The highest BCUT2D eigenvalue weighted by atomic mass is 35.5. The van der Waals surface area contributed by atoms with E-state index >= 15 is 0 Å². The summed E-state index contributed by atoms with van der Waals surface area (Å²) in [6.45, 7) is 1.82. The van der Waals surface area contributed by atoms with Gasteiger partial charge in [-0.05, 0) is 42.8 Å². The van der Waals surface area contributed by atoms with Gasteiger partial charge in [0.25, 0.3) is 0 Å². The maximum Gasteiger partial charge on any atom is 0.244 e. The zero-order valence-electron chi connectivity index (χ0n) is 16.2. The van der Waals surface area contributed by atoms with E-state index in [4.69, 9.17) is 11.6 Å². The number of carbonyl (C=O) groups is 2. The lowest BCUT2D eigenvalue weighted by atomic mass is 10.0. The molecule has 150 valence electrons. The molecule has 4 aromatic rings. The van der Waals surface area contributed by atoms with E-state index in [1.165, 1.54) is 18.2 Å². The lowest BCUT2D eigenvalue weighted by Gasteiger charge is -2.10. The molecule has 0 aliphatic carbocycles. The number of amides is 1. The van der Waals surface area contributed by atoms with Crippen molar-refractivity contribution in [1.82, 2.24) is 4.57 Å². The molecule has 1 heterocycles. The van der Waals surface area contributed by atoms with E-state index in [1.54, 1.807) is 47.2 Å². The number of anilines is 1. The molecule has 30 heavy (non-hydrogen) atoms. The number of ketones is 1. The first-order chi connectivity index (χ1) is 14.5. The highest BCUT2D eigenvalue weighted by Crippen LogP contribution is 2.26. The summed E-state index contributed by atoms with van der Waals surface area (Å²) in [7, 11) is 0. The minimum atomic E-state index is -0.575. The Morgan fingerprint density at radius 2 is 1.70 bits per heavy atom. The van der Waals surface area contributed by atoms with Crippen molar-refractivity contribution in [3.05, 3.63) is 100 Å². The zero-order valence-corrected chi connectivity index (χ0v) is 16.9. The second-order valence-electron chi connectivity index (χ2n) is 6.96. The van der Waals surface area contributed by atoms with Gasteiger partial charge in [0.1, 0.15) is 12.4 Å². The summed E-state index contributed by atoms with van der Waals surface area (Å²) in [5, 5.41) is 4.09. The van der Waals surface area contributed by atoms with Gasteiger partial charge in [-0.3, -0.25) is 9.59 Å². The molecule has 4 nitrogen and oxygen atoms in total. The smallest absolute Gasteiger partial charge is 0.244 e. The summed E-state index contributed by atoms with van der Waals surface area (Å²) < 4.78 is 15.8. The van der Waals surface area contributed by atoms with E-state index in [-0.39, 0.29) is 18.0 Å². The number of nitrogens with one attached hydrogen (secondary N) is 1. The summed E-state index contributed by atoms with van der Waals surface area (Å²) in [6, 6.07) is 18.4. The highest BCUT2D eigenvalue weighted by molar-refractivity contribution is 6.31. The number of hydrogen-bond acceptors (Lipinski definition) is 2. The van der Waals surface area contributed by atoms with Crippen LogP contribution in [-0.2, 0) is 11.3 Å². The van der Waals surface area contributed by atoms with Crippen molar-refractivity contribution in [2.24, 2.45) is 0 Å². The largest absolute Gasteiger partial charge is 0.337 e. The fourth-order valence-corrected chi connectivity index (χ4v) is 3.61. The normalized spacial score (nSPS) is 10.9. The first-order valence-corrected chi connectivity index (χ1v) is 9.75. The molecule has 4 rings (SSSR count). The van der Waals surface area contributed by atoms with Crippen molar-refractivity contribution >= 4 is 39.9 Å². The van der Waals surface area contributed by atoms with Crippen molar-refractivity contribution in [2.75, 3.05) is 5.32 Å². The Hall–Kier alpha value is -3.44. The fourth-order valence-electron chi connectivity index (χ4n) is 3.44. The lowest BCUT2D eigenvalue weighted by molar-refractivity contribution is -0.116. The fraction of sp³-hybridized carbons (Fsp3) is 0.0833. The van der Waals surface area contributed by atoms with Gasteiger partial charge in [0.2, 0.25) is 5.91 Å². The van der Waals surface area contributed by atoms with Crippen LogP contribution in [-0.4, -0.2) is 16.3 Å². The number of hydrogen-bond donors (Lipinski definition) is 1. The van der Waals surface area contributed by atoms with Crippen LogP contribution in [0.5, 0.6) is 0 Å². The van der Waals surface area contributed by atoms with E-state index in [0.717, 1.165) is 11.1 Å². The van der Waals surface area contributed by atoms with Crippen LogP contribution in [0.2, 0.25) is 5.02 Å². The van der Waals surface area contributed by atoms with Gasteiger partial charge >= 0.3 is 0 Å². The third-order valence-electron chi connectivity index (χ3n) is 5.01. The molecule has 0 aliphatic rings. The third kappa shape index (κ3) is 3.72. The predicted octanol–water partition coefficient (Wildman–Crippen LogP) is 5.61. The molecule has 3 aromatic carbocycles. The average molecular weight is 421 g/mol. The maximum absolute atomic E-state index is 14.2. The number of benzene rings is 3. The average Bonchev–Trinajstić information content (AvgIpc) is 3.10. The van der Waals surface area contributed by atoms with Crippen LogP contribution in [0, 0.1) is 12.7 Å². The van der Waals surface area contributed by atoms with Crippen LogP contribution in [0.4, 0.5) is 10.1 Å². The van der Waals surface area contributed by atoms with Gasteiger partial charge < -0.3 is 9.88 Å². The summed E-state index contributed by atoms with van der Waals surface area (Å²) in [5.74, 6) is -1.26. The Morgan fingerprint density at radius 3 is 2.50 bits per heavy atom. The molecular formula is C24H18ClFN2O2. The predicted molar refractivity (Wildman–Crippen MR) is 117 cm³/mol. The number of aromatic nitrogens is 1. The van der Waals surface area contributed by atoms with E-state index in [0.29, 0.717) is 21.7 Å². The summed E-state index contributed by atoms with van der Waals surface area (Å²) in [4.78, 5) is 25.7. The lowest BCUT2D eigenvalue weighted by Crippen LogP contribution is -2.19. The van der Waals surface area contributed by atoms with Crippen molar-refractivity contribution in [3.8, 4) is 0 Å². The first-order valence-electron chi connectivity index (χ1n) is 9.38. The molecule has 1 amide bonds. The number of halogens is 2. The summed E-state index contributed by atoms with van der Waals surface area (Å²) in [6.07, 6.45) is 1.60. The molecular weight excluding hydrogens is 403 g/mol. The van der Waals surface area contributed by atoms with Crippen molar-refractivity contribution < 1.29 is 14.0 Å². The minimum absolute atomic E-state index is 0.000549. The molecule has 0 unspecified atom stereocenters. The van der Waals surface area contributed by atoms with Crippen molar-refractivity contribution in [1.29, 1.82) is 0 Å². The van der Waals surface area contributed by atoms with Crippen LogP contribution in [0.15, 0.2) is 72.9 Å². The van der Waals surface area contributed by atoms with E-state index in [9.17, 15) is 14.0 Å². The molecule has 0 fully saturated rings. The maximum atomic E-state index is 14.2. The van der Waals surface area contributed by atoms with Gasteiger partial charge in [0, 0.05) is 33.4 Å². The quantitative estimate of drug-likeness (QED) is 0.426. The van der Waals surface area contributed by atoms with Gasteiger partial charge in [0.15, 0.2) is 5.78 Å². The first kappa shape index (κ1) is 19.9. The Bertz CT molecular complexity index is 1280. The monoisotopic (exact) mass is 420 g/mol. The van der Waals surface area contributed by atoms with Crippen LogP contribution < -0.4 is 5.32 Å². The second-order valence-corrected chi connectivity index (χ2v) is 7.36. The minimum Gasteiger partial charge on any atom is -0.337 e. The van der Waals surface area contributed by atoms with E-state index < -0.39 is 11.6 Å². The van der Waals surface area contributed by atoms with Crippen LogP contribution in [0.25, 0.3) is 10.9 Å². The zero-order chi connectivity index (χ0) is 21.3. The highest BCUT2D eigenvalue weighted by Gasteiger charge is 2.20. The number of nitrogens with zero attached hydrogens (tertiary/aromatic N) is 1. The van der Waals surface area contributed by atoms with E-state index in [2.05, 4.69) is 5.32 Å². The standard InChI is InChI=1S/C24H18ClFN2O2/c1-15-19(25)9-6-11-21(15)27-23(29)14-28-13-18(16-7-3-5-12-22(16)28)24(30)17-8-2-4-10-20(17)26/h2-13H,14H2,1H3,(H,27,29). The molecule has 0 saturated carbocycles. The van der Waals surface area contributed by atoms with Crippen LogP contribution in [0.3, 0.4) is 0 Å². The summed E-state index contributed by atoms with van der Waals surface area (Å²) in [5.41, 5.74) is 2.48. The number of rotatable bonds is 5. The number of para-hydroxylation sites is 1. The Labute approximate surface area is 177 Å². The molecule has 1 aromatic heterocycles. The van der Waals surface area contributed by atoms with Crippen molar-refractivity contribution in [3.63, 3.8) is 0 Å². The number of carbonyl (C=O) groups excluding carboxylic acids is 2. The third-order valence-corrected chi connectivity index (χ3v) is 5.42. The second kappa shape index (κ2) is 8.13. The molecule has 0 atom stereocenters. The van der Waals surface area contributed by atoms with E-state index in [1.807, 2.05) is 19.1 Å². The molecule has 0 bridgehead atoms. The molecule has 1 N–H and O–H groups in total. The molecule has 0 spiro atoms. The molecule has 0 saturated heterocycles. The van der Waals surface area contributed by atoms with Gasteiger partial charge in [-0.25, -0.2) is 4.39 Å². The van der Waals surface area contributed by atoms with Gasteiger partial charge in [-0.15, -0.1) is 0 Å². The van der Waals surface area contributed by atoms with Gasteiger partial charge in [-0.2, -0.15) is 0 Å². The van der Waals surface area contributed by atoms with Crippen LogP contribution in [0.1, 0.15) is 21.5 Å². The molecule has 0 aliphatic heterocycles. The Kier molecular flexibility index (Phi) is 5.38. The topological polar surface area (TPSA) is 51.1 Å². The Morgan fingerprint density at radius 1 is 0.967 bits per heavy atom. The molecule has 0 radical (unpaired) electrons. The molecule has 6 heteroatoms. The van der Waals surface area contributed by atoms with Gasteiger partial charge in [-0.1, -0.05) is 48.0 Å². The number of fused-ring (bicyclic) bond motifs is 1. The summed E-state index contributed by atoms with van der Waals surface area (Å²) >= 11 is 6.12.